The molecule has 34 heavy (non-hydrogen) atoms. The molecule has 1 aromatic carbocycles. The number of fused-ring (bicyclic) bond motifs is 1. The van der Waals surface area contributed by atoms with Crippen molar-refractivity contribution in [3.63, 3.8) is 0 Å². The van der Waals surface area contributed by atoms with E-state index in [-0.39, 0.29) is 17.7 Å². The summed E-state index contributed by atoms with van der Waals surface area (Å²) in [5.41, 5.74) is 0.900. The fraction of sp³-hybridized carbons (Fsp3) is 0.423. The third-order valence-corrected chi connectivity index (χ3v) is 6.80. The fourth-order valence-corrected chi connectivity index (χ4v) is 4.67. The van der Waals surface area contributed by atoms with Crippen LogP contribution in [-0.2, 0) is 0 Å². The van der Waals surface area contributed by atoms with Gasteiger partial charge in [-0.05, 0) is 57.6 Å². The van der Waals surface area contributed by atoms with Crippen molar-refractivity contribution < 1.29 is 19.4 Å². The lowest BCUT2D eigenvalue weighted by atomic mass is 9.83. The minimum absolute atomic E-state index is 0.0610. The standard InChI is InChI=1S/C26H28N4O4/c1-3-26(32)12-10-19(11-13-26)29-16-18-14-21(24(34-4-2)15-20(18)28-29)27-25(31)23-7-5-6-22(30(23)33)17-8-9-17/h1,5-7,14-17,19,32H,4,8-13H2,2H3,(H,27,31). The molecule has 8 nitrogen and oxygen atoms in total. The van der Waals surface area contributed by atoms with Gasteiger partial charge < -0.3 is 20.4 Å². The van der Waals surface area contributed by atoms with Gasteiger partial charge in [0.2, 0.25) is 0 Å². The summed E-state index contributed by atoms with van der Waals surface area (Å²) in [6, 6.07) is 8.83. The Labute approximate surface area is 198 Å². The van der Waals surface area contributed by atoms with Crippen molar-refractivity contribution in [1.29, 1.82) is 0 Å². The highest BCUT2D eigenvalue weighted by Crippen LogP contribution is 2.39. The molecule has 0 bridgehead atoms. The second-order valence-electron chi connectivity index (χ2n) is 9.22. The molecule has 0 radical (unpaired) electrons. The molecule has 3 aromatic rings. The normalized spacial score (nSPS) is 22.3. The van der Waals surface area contributed by atoms with Gasteiger partial charge in [0.1, 0.15) is 11.4 Å². The summed E-state index contributed by atoms with van der Waals surface area (Å²) in [7, 11) is 0. The Hall–Kier alpha value is -3.57. The number of pyridine rings is 1. The van der Waals surface area contributed by atoms with Crippen LogP contribution in [0.1, 0.15) is 73.6 Å². The maximum absolute atomic E-state index is 13.0. The molecular weight excluding hydrogens is 432 g/mol. The topological polar surface area (TPSA) is 103 Å². The first-order valence-electron chi connectivity index (χ1n) is 11.8. The summed E-state index contributed by atoms with van der Waals surface area (Å²) in [6.45, 7) is 2.29. The van der Waals surface area contributed by atoms with E-state index < -0.39 is 11.5 Å². The number of amides is 1. The van der Waals surface area contributed by atoms with Gasteiger partial charge in [0.25, 0.3) is 5.69 Å². The van der Waals surface area contributed by atoms with Gasteiger partial charge in [-0.1, -0.05) is 5.92 Å². The first-order chi connectivity index (χ1) is 16.4. The van der Waals surface area contributed by atoms with Crippen LogP contribution < -0.4 is 14.8 Å². The zero-order valence-corrected chi connectivity index (χ0v) is 19.2. The maximum Gasteiger partial charge on any atom is 0.321 e. The number of nitrogens with zero attached hydrogens (tertiary/aromatic N) is 3. The number of hydrogen-bond donors (Lipinski definition) is 2. The number of rotatable bonds is 6. The van der Waals surface area contributed by atoms with E-state index in [4.69, 9.17) is 16.3 Å². The van der Waals surface area contributed by atoms with E-state index >= 15 is 0 Å². The molecule has 0 aliphatic heterocycles. The molecule has 0 spiro atoms. The van der Waals surface area contributed by atoms with Gasteiger partial charge in [0.05, 0.1) is 23.9 Å². The third-order valence-electron chi connectivity index (χ3n) is 6.80. The Morgan fingerprint density at radius 2 is 2.12 bits per heavy atom. The van der Waals surface area contributed by atoms with Gasteiger partial charge >= 0.3 is 5.91 Å². The zero-order chi connectivity index (χ0) is 23.9. The predicted octanol–water partition coefficient (Wildman–Crippen LogP) is 3.68. The van der Waals surface area contributed by atoms with Crippen LogP contribution in [0, 0.1) is 17.6 Å². The quantitative estimate of drug-likeness (QED) is 0.332. The number of carbonyl (C=O) groups is 1. The molecule has 5 rings (SSSR count). The highest BCUT2D eigenvalue weighted by atomic mass is 16.5. The SMILES string of the molecule is C#CC1(O)CCC(n2cc3cc(NC(=O)c4cccc(C5CC5)[n+]4[O-])c(OCC)cc3n2)CC1. The van der Waals surface area contributed by atoms with Crippen molar-refractivity contribution in [3.8, 4) is 18.1 Å². The molecule has 2 saturated carbocycles. The van der Waals surface area contributed by atoms with E-state index in [0.29, 0.717) is 36.6 Å². The Morgan fingerprint density at radius 3 is 2.79 bits per heavy atom. The summed E-state index contributed by atoms with van der Waals surface area (Å²) in [5, 5.41) is 31.5. The molecule has 0 saturated heterocycles. The lowest BCUT2D eigenvalue weighted by molar-refractivity contribution is -0.616. The molecule has 1 amide bonds. The molecule has 2 aliphatic carbocycles. The zero-order valence-electron chi connectivity index (χ0n) is 19.2. The summed E-state index contributed by atoms with van der Waals surface area (Å²) in [6.07, 6.45) is 11.9. The number of aliphatic hydroxyl groups is 1. The summed E-state index contributed by atoms with van der Waals surface area (Å²) < 4.78 is 8.43. The molecule has 2 heterocycles. The van der Waals surface area contributed by atoms with Crippen LogP contribution in [-0.4, -0.2) is 33.0 Å². The number of nitrogens with one attached hydrogen (secondary N) is 1. The number of aromatic nitrogens is 3. The van der Waals surface area contributed by atoms with Crippen LogP contribution in [0.25, 0.3) is 10.9 Å². The molecule has 0 unspecified atom stereocenters. The third kappa shape index (κ3) is 4.19. The van der Waals surface area contributed by atoms with Gasteiger partial charge in [0, 0.05) is 35.7 Å². The van der Waals surface area contributed by atoms with Crippen LogP contribution in [0.5, 0.6) is 5.75 Å². The van der Waals surface area contributed by atoms with Crippen molar-refractivity contribution in [3.05, 3.63) is 53.1 Å². The van der Waals surface area contributed by atoms with E-state index in [1.807, 2.05) is 23.9 Å². The average molecular weight is 461 g/mol. The first kappa shape index (κ1) is 22.2. The summed E-state index contributed by atoms with van der Waals surface area (Å²) in [5.74, 6) is 2.75. The number of anilines is 1. The second kappa shape index (κ2) is 8.65. The number of carbonyl (C=O) groups excluding carboxylic acids is 1. The molecule has 8 heteroatoms. The number of hydrogen-bond acceptors (Lipinski definition) is 5. The van der Waals surface area contributed by atoms with Gasteiger partial charge in [-0.3, -0.25) is 9.48 Å². The lowest BCUT2D eigenvalue weighted by Gasteiger charge is -2.32. The molecule has 2 aromatic heterocycles. The predicted molar refractivity (Wildman–Crippen MR) is 128 cm³/mol. The van der Waals surface area contributed by atoms with E-state index in [9.17, 15) is 15.1 Å². The number of benzene rings is 1. The largest absolute Gasteiger partial charge is 0.618 e. The molecule has 2 N–H and O–H groups in total. The molecule has 0 atom stereocenters. The Morgan fingerprint density at radius 1 is 1.35 bits per heavy atom. The van der Waals surface area contributed by atoms with Crippen molar-refractivity contribution in [2.75, 3.05) is 11.9 Å². The summed E-state index contributed by atoms with van der Waals surface area (Å²) in [4.78, 5) is 13.0. The Balaban J connectivity index is 1.42. The fourth-order valence-electron chi connectivity index (χ4n) is 4.67. The highest BCUT2D eigenvalue weighted by Gasteiger charge is 2.34. The lowest BCUT2D eigenvalue weighted by Crippen LogP contribution is -2.40. The van der Waals surface area contributed by atoms with Crippen molar-refractivity contribution in [1.82, 2.24) is 9.78 Å². The maximum atomic E-state index is 13.0. The van der Waals surface area contributed by atoms with Crippen molar-refractivity contribution in [2.45, 2.75) is 63.0 Å². The van der Waals surface area contributed by atoms with E-state index in [0.717, 1.165) is 41.3 Å². The number of terminal acetylenes is 1. The Bertz CT molecular complexity index is 1280. The minimum atomic E-state index is -1.03. The molecule has 176 valence electrons. The van der Waals surface area contributed by atoms with Crippen molar-refractivity contribution in [2.24, 2.45) is 0 Å². The van der Waals surface area contributed by atoms with E-state index in [1.165, 1.54) is 6.07 Å². The number of ether oxygens (including phenoxy) is 1. The van der Waals surface area contributed by atoms with E-state index in [1.54, 1.807) is 18.2 Å². The summed E-state index contributed by atoms with van der Waals surface area (Å²) >= 11 is 0. The van der Waals surface area contributed by atoms with Crippen molar-refractivity contribution >= 4 is 22.5 Å². The smallest absolute Gasteiger partial charge is 0.321 e. The average Bonchev–Trinajstić information content (AvgIpc) is 3.59. The second-order valence-corrected chi connectivity index (χ2v) is 9.22. The van der Waals surface area contributed by atoms with Crippen LogP contribution >= 0.6 is 0 Å². The monoisotopic (exact) mass is 460 g/mol. The molecule has 2 fully saturated rings. The minimum Gasteiger partial charge on any atom is -0.618 e. The van der Waals surface area contributed by atoms with Crippen LogP contribution in [0.4, 0.5) is 5.69 Å². The first-order valence-corrected chi connectivity index (χ1v) is 11.8. The molecule has 2 aliphatic rings. The Kier molecular flexibility index (Phi) is 5.66. The van der Waals surface area contributed by atoms with Crippen LogP contribution in [0.15, 0.2) is 36.5 Å². The highest BCUT2D eigenvalue weighted by molar-refractivity contribution is 6.04. The van der Waals surface area contributed by atoms with Gasteiger partial charge in [-0.25, -0.2) is 0 Å². The van der Waals surface area contributed by atoms with Crippen LogP contribution in [0.2, 0.25) is 0 Å². The molecular formula is C26H28N4O4. The van der Waals surface area contributed by atoms with Gasteiger partial charge in [-0.15, -0.1) is 6.42 Å². The van der Waals surface area contributed by atoms with E-state index in [2.05, 4.69) is 11.2 Å². The van der Waals surface area contributed by atoms with Gasteiger partial charge in [-0.2, -0.15) is 9.83 Å². The van der Waals surface area contributed by atoms with Gasteiger partial charge in [0.15, 0.2) is 5.69 Å². The van der Waals surface area contributed by atoms with Crippen LogP contribution in [0.3, 0.4) is 0 Å².